The van der Waals surface area contributed by atoms with Gasteiger partial charge in [0.15, 0.2) is 12.2 Å². The van der Waals surface area contributed by atoms with Gasteiger partial charge < -0.3 is 19.6 Å². The van der Waals surface area contributed by atoms with Gasteiger partial charge in [0.2, 0.25) is 11.9 Å². The third-order valence-electron chi connectivity index (χ3n) is 6.09. The number of hydrogen-bond acceptors (Lipinski definition) is 6. The molecule has 0 saturated carbocycles. The van der Waals surface area contributed by atoms with Crippen LogP contribution in [0.5, 0.6) is 0 Å². The van der Waals surface area contributed by atoms with Crippen LogP contribution in [0.3, 0.4) is 0 Å². The summed E-state index contributed by atoms with van der Waals surface area (Å²) in [6, 6.07) is 21.2. The van der Waals surface area contributed by atoms with E-state index in [-0.39, 0.29) is 24.8 Å². The number of rotatable bonds is 8. The molecule has 0 atom stereocenters. The molecule has 2 heterocycles. The average molecular weight is 509 g/mol. The Labute approximate surface area is 217 Å². The molecule has 0 unspecified atom stereocenters. The number of oxazole rings is 1. The Morgan fingerprint density at radius 2 is 1.79 bits per heavy atom. The first-order chi connectivity index (χ1) is 18.4. The average Bonchev–Trinajstić information content (AvgIpc) is 3.59. The van der Waals surface area contributed by atoms with Gasteiger partial charge in [-0.25, -0.2) is 9.97 Å². The number of imidazole rings is 1. The molecule has 0 aliphatic carbocycles. The number of nitrogens with two attached hydrogens (primary N) is 1. The van der Waals surface area contributed by atoms with E-state index in [1.165, 1.54) is 11.3 Å². The number of carbonyl (C=O) groups is 3. The summed E-state index contributed by atoms with van der Waals surface area (Å²) in [5.41, 5.74) is 8.90. The smallest absolute Gasteiger partial charge is 0.258 e. The molecule has 5 aromatic rings. The maximum absolute atomic E-state index is 13.2. The number of primary amides is 1. The second-order valence-electron chi connectivity index (χ2n) is 8.61. The molecule has 0 aliphatic rings. The zero-order valence-electron chi connectivity index (χ0n) is 20.5. The molecule has 0 fully saturated rings. The Bertz CT molecular complexity index is 1630. The number of fused-ring (bicyclic) bond motifs is 1. The number of nitrogens with zero attached hydrogens (tertiary/aromatic N) is 4. The van der Waals surface area contributed by atoms with Crippen molar-refractivity contribution in [2.24, 2.45) is 5.73 Å². The van der Waals surface area contributed by atoms with Gasteiger partial charge in [-0.1, -0.05) is 30.3 Å². The van der Waals surface area contributed by atoms with Crippen molar-refractivity contribution in [1.82, 2.24) is 14.5 Å². The van der Waals surface area contributed by atoms with Crippen molar-refractivity contribution in [1.29, 1.82) is 0 Å². The van der Waals surface area contributed by atoms with E-state index in [1.807, 2.05) is 12.1 Å². The Balaban J connectivity index is 1.46. The molecule has 3 aromatic carbocycles. The fourth-order valence-corrected chi connectivity index (χ4v) is 4.11. The summed E-state index contributed by atoms with van der Waals surface area (Å²) in [5.74, 6) is -0.244. The minimum absolute atomic E-state index is 0.0590. The number of nitrogens with one attached hydrogen (secondary N) is 1. The van der Waals surface area contributed by atoms with Crippen molar-refractivity contribution in [3.05, 3.63) is 96.5 Å². The van der Waals surface area contributed by atoms with Gasteiger partial charge in [-0.15, -0.1) is 0 Å². The topological polar surface area (TPSA) is 136 Å². The summed E-state index contributed by atoms with van der Waals surface area (Å²) >= 11 is 0. The number of hydrogen-bond donors (Lipinski definition) is 2. The van der Waals surface area contributed by atoms with Crippen LogP contribution in [0.2, 0.25) is 0 Å². The maximum atomic E-state index is 13.2. The minimum atomic E-state index is -0.478. The van der Waals surface area contributed by atoms with Crippen LogP contribution in [0.1, 0.15) is 27.1 Å². The Kier molecular flexibility index (Phi) is 6.68. The van der Waals surface area contributed by atoms with Gasteiger partial charge in [0, 0.05) is 42.4 Å². The summed E-state index contributed by atoms with van der Waals surface area (Å²) in [5, 5.41) is 2.84. The standard InChI is InChI=1S/C28H24N6O4/c1-33(27(37)18-6-3-2-4-7-18)21-10-11-23-22(15-21)31-28(34(23)13-12-25(29)35)32-26(36)20-9-5-8-19(14-20)24-16-30-17-38-24/h2-11,14-17H,12-13H2,1H3,(H2,29,35)(H,31,32,36). The quantitative estimate of drug-likeness (QED) is 0.324. The van der Waals surface area contributed by atoms with Crippen LogP contribution in [0, 0.1) is 0 Å². The lowest BCUT2D eigenvalue weighted by Gasteiger charge is -2.17. The molecule has 2 aromatic heterocycles. The lowest BCUT2D eigenvalue weighted by molar-refractivity contribution is -0.118. The van der Waals surface area contributed by atoms with Gasteiger partial charge >= 0.3 is 0 Å². The molecular weight excluding hydrogens is 484 g/mol. The van der Waals surface area contributed by atoms with Gasteiger partial charge in [-0.05, 0) is 42.5 Å². The van der Waals surface area contributed by atoms with E-state index in [0.29, 0.717) is 39.2 Å². The molecule has 0 aliphatic heterocycles. The molecule has 10 nitrogen and oxygen atoms in total. The first-order valence-electron chi connectivity index (χ1n) is 11.8. The molecule has 38 heavy (non-hydrogen) atoms. The van der Waals surface area contributed by atoms with Crippen LogP contribution >= 0.6 is 0 Å². The van der Waals surface area contributed by atoms with Crippen LogP contribution < -0.4 is 16.0 Å². The van der Waals surface area contributed by atoms with Gasteiger partial charge in [-0.2, -0.15) is 0 Å². The highest BCUT2D eigenvalue weighted by Gasteiger charge is 2.19. The van der Waals surface area contributed by atoms with E-state index in [2.05, 4.69) is 15.3 Å². The Morgan fingerprint density at radius 1 is 1.00 bits per heavy atom. The van der Waals surface area contributed by atoms with E-state index in [1.54, 1.807) is 78.5 Å². The predicted molar refractivity (Wildman–Crippen MR) is 143 cm³/mol. The van der Waals surface area contributed by atoms with Crippen molar-refractivity contribution in [2.45, 2.75) is 13.0 Å². The summed E-state index contributed by atoms with van der Waals surface area (Å²) in [4.78, 5) is 47.7. The molecule has 0 bridgehead atoms. The number of aryl methyl sites for hydroxylation is 1. The van der Waals surface area contributed by atoms with E-state index in [9.17, 15) is 14.4 Å². The monoisotopic (exact) mass is 508 g/mol. The SMILES string of the molecule is CN(C(=O)c1ccccc1)c1ccc2c(c1)nc(NC(=O)c1cccc(-c3cnco3)c1)n2CCC(N)=O. The molecule has 0 saturated heterocycles. The normalized spacial score (nSPS) is 10.9. The Hall–Kier alpha value is -5.25. The number of carbonyl (C=O) groups excluding carboxylic acids is 3. The largest absolute Gasteiger partial charge is 0.444 e. The highest BCUT2D eigenvalue weighted by Crippen LogP contribution is 2.27. The lowest BCUT2D eigenvalue weighted by atomic mass is 10.1. The van der Waals surface area contributed by atoms with Crippen LogP contribution in [0.15, 0.2) is 89.8 Å². The van der Waals surface area contributed by atoms with Crippen molar-refractivity contribution in [2.75, 3.05) is 17.3 Å². The third kappa shape index (κ3) is 5.00. The molecule has 190 valence electrons. The molecule has 10 heteroatoms. The first-order valence-corrected chi connectivity index (χ1v) is 11.8. The zero-order chi connectivity index (χ0) is 26.6. The van der Waals surface area contributed by atoms with Crippen LogP contribution in [-0.2, 0) is 11.3 Å². The van der Waals surface area contributed by atoms with Crippen molar-refractivity contribution < 1.29 is 18.8 Å². The summed E-state index contributed by atoms with van der Waals surface area (Å²) < 4.78 is 7.05. The molecule has 5 rings (SSSR count). The molecular formula is C28H24N6O4. The van der Waals surface area contributed by atoms with Gasteiger partial charge in [0.05, 0.1) is 17.2 Å². The van der Waals surface area contributed by atoms with Gasteiger partial charge in [0.25, 0.3) is 11.8 Å². The molecule has 0 spiro atoms. The Morgan fingerprint density at radius 3 is 2.53 bits per heavy atom. The number of benzene rings is 3. The number of amides is 3. The van der Waals surface area contributed by atoms with E-state index in [4.69, 9.17) is 10.2 Å². The second-order valence-corrected chi connectivity index (χ2v) is 8.61. The zero-order valence-corrected chi connectivity index (χ0v) is 20.5. The lowest BCUT2D eigenvalue weighted by Crippen LogP contribution is -2.26. The number of anilines is 2. The van der Waals surface area contributed by atoms with Gasteiger partial charge in [-0.3, -0.25) is 19.7 Å². The number of aromatic nitrogens is 3. The summed E-state index contributed by atoms with van der Waals surface area (Å²) in [6.07, 6.45) is 2.95. The summed E-state index contributed by atoms with van der Waals surface area (Å²) in [6.45, 7) is 0.220. The molecule has 3 N–H and O–H groups in total. The summed E-state index contributed by atoms with van der Waals surface area (Å²) in [7, 11) is 1.69. The molecule has 0 radical (unpaired) electrons. The second kappa shape index (κ2) is 10.4. The highest BCUT2D eigenvalue weighted by molar-refractivity contribution is 6.07. The van der Waals surface area contributed by atoms with E-state index < -0.39 is 11.8 Å². The van der Waals surface area contributed by atoms with E-state index >= 15 is 0 Å². The first kappa shape index (κ1) is 24.4. The fraction of sp³-hybridized carbons (Fsp3) is 0.107. The molecule has 3 amide bonds. The van der Waals surface area contributed by atoms with Crippen LogP contribution in [0.4, 0.5) is 11.6 Å². The van der Waals surface area contributed by atoms with Crippen LogP contribution in [-0.4, -0.2) is 39.3 Å². The fourth-order valence-electron chi connectivity index (χ4n) is 4.11. The minimum Gasteiger partial charge on any atom is -0.444 e. The van der Waals surface area contributed by atoms with Crippen LogP contribution in [0.25, 0.3) is 22.4 Å². The van der Waals surface area contributed by atoms with Crippen molar-refractivity contribution >= 4 is 40.4 Å². The van der Waals surface area contributed by atoms with E-state index in [0.717, 1.165) is 0 Å². The predicted octanol–water partition coefficient (Wildman–Crippen LogP) is 4.10. The van der Waals surface area contributed by atoms with Crippen molar-refractivity contribution in [3.8, 4) is 11.3 Å². The van der Waals surface area contributed by atoms with Crippen molar-refractivity contribution in [3.63, 3.8) is 0 Å². The maximum Gasteiger partial charge on any atom is 0.258 e. The van der Waals surface area contributed by atoms with Gasteiger partial charge in [0.1, 0.15) is 0 Å². The highest BCUT2D eigenvalue weighted by atomic mass is 16.3. The third-order valence-corrected chi connectivity index (χ3v) is 6.09.